The molecule has 3 saturated heterocycles. The van der Waals surface area contributed by atoms with Crippen LogP contribution >= 0.6 is 0 Å². The molecule has 0 bridgehead atoms. The Labute approximate surface area is 383 Å². The number of aryl methyl sites for hydroxylation is 1. The molecule has 350 valence electrons. The van der Waals surface area contributed by atoms with Crippen LogP contribution in [0.1, 0.15) is 82.7 Å². The van der Waals surface area contributed by atoms with E-state index in [1.807, 2.05) is 36.5 Å². The number of anilines is 2. The maximum Gasteiger partial charge on any atom is 0.408 e. The van der Waals surface area contributed by atoms with Crippen molar-refractivity contribution in [2.45, 2.75) is 110 Å². The third-order valence-electron chi connectivity index (χ3n) is 13.4. The van der Waals surface area contributed by atoms with Gasteiger partial charge in [0.15, 0.2) is 0 Å². The molecule has 5 heterocycles. The minimum atomic E-state index is -0.768. The van der Waals surface area contributed by atoms with Gasteiger partial charge in [-0.1, -0.05) is 44.2 Å². The van der Waals surface area contributed by atoms with Gasteiger partial charge < -0.3 is 43.4 Å². The number of carbonyl (C=O) groups is 3. The smallest absolute Gasteiger partial charge is 0.408 e. The molecule has 3 N–H and O–H groups in total. The molecular weight excluding hydrogens is 825 g/mol. The van der Waals surface area contributed by atoms with Gasteiger partial charge >= 0.3 is 12.1 Å². The topological polar surface area (TPSA) is 152 Å². The van der Waals surface area contributed by atoms with Gasteiger partial charge in [0.05, 0.1) is 54.7 Å². The van der Waals surface area contributed by atoms with Gasteiger partial charge in [-0.15, -0.1) is 0 Å². The highest BCUT2D eigenvalue weighted by Gasteiger charge is 2.34. The zero-order chi connectivity index (χ0) is 45.5. The van der Waals surface area contributed by atoms with Gasteiger partial charge in [0.25, 0.3) is 0 Å². The molecule has 15 nitrogen and oxygen atoms in total. The van der Waals surface area contributed by atoms with Gasteiger partial charge in [-0.2, -0.15) is 0 Å². The molecule has 3 aliphatic heterocycles. The van der Waals surface area contributed by atoms with E-state index in [1.165, 1.54) is 12.8 Å². The summed E-state index contributed by atoms with van der Waals surface area (Å²) in [4.78, 5) is 50.8. The summed E-state index contributed by atoms with van der Waals surface area (Å²) in [7, 11) is 1.73. The predicted octanol–water partition coefficient (Wildman–Crippen LogP) is 6.17. The number of methoxy groups -OCH3 is 1. The second kappa shape index (κ2) is 21.1. The Morgan fingerprint density at radius 1 is 1.00 bits per heavy atom. The highest BCUT2D eigenvalue weighted by molar-refractivity contribution is 5.95. The molecule has 0 spiro atoms. The fourth-order valence-electron chi connectivity index (χ4n) is 9.65. The van der Waals surface area contributed by atoms with E-state index in [1.54, 1.807) is 7.11 Å². The third kappa shape index (κ3) is 11.3. The fourth-order valence-corrected chi connectivity index (χ4v) is 9.65. The number of nitrogens with zero attached hydrogens (tertiary/aromatic N) is 5. The van der Waals surface area contributed by atoms with Crippen molar-refractivity contribution in [2.75, 3.05) is 75.9 Å². The number of hydrazine groups is 1. The van der Waals surface area contributed by atoms with Crippen molar-refractivity contribution in [2.24, 2.45) is 5.41 Å². The molecule has 1 saturated carbocycles. The molecule has 4 fully saturated rings. The van der Waals surface area contributed by atoms with E-state index in [-0.39, 0.29) is 37.4 Å². The van der Waals surface area contributed by atoms with Crippen molar-refractivity contribution in [3.63, 3.8) is 0 Å². The molecule has 1 unspecified atom stereocenters. The van der Waals surface area contributed by atoms with E-state index in [9.17, 15) is 14.4 Å². The van der Waals surface area contributed by atoms with Crippen LogP contribution in [0, 0.1) is 5.41 Å². The summed E-state index contributed by atoms with van der Waals surface area (Å²) in [6, 6.07) is 18.0. The minimum Gasteiger partial charge on any atom is -0.464 e. The van der Waals surface area contributed by atoms with Crippen molar-refractivity contribution in [1.82, 2.24) is 30.6 Å². The molecule has 4 atom stereocenters. The first-order chi connectivity index (χ1) is 31.5. The lowest BCUT2D eigenvalue weighted by atomic mass is 9.84. The number of fused-ring (bicyclic) bond motifs is 1. The van der Waals surface area contributed by atoms with Crippen LogP contribution in [0.15, 0.2) is 60.8 Å². The van der Waals surface area contributed by atoms with Crippen molar-refractivity contribution >= 4 is 40.6 Å². The van der Waals surface area contributed by atoms with E-state index in [0.717, 1.165) is 115 Å². The van der Waals surface area contributed by atoms with Crippen molar-refractivity contribution in [3.8, 4) is 11.3 Å². The standard InChI is InChI=1S/C50H68N8O7/c1-6-58-45-17-16-38(57-23-24-63-40(30-57)25-36(31-59)53-49(61)64-32-35-11-8-7-9-12-35)26-41(45)43(28-50(3,4)33-65-48(60)44-13-10-18-52-54-44)47(58)42-27-39(29-51-46(42)34(2)62-5)56-21-19-55(20-22-56)37-14-15-37/h7-9,11-12,16-17,26-27,29,31,34,36-37,40,44,52,54H,6,10,13-15,18-25,28,30,32-33H2,1-5H3,(H,53,61)/t34-,36-,40-,44?/m0/s1. The monoisotopic (exact) mass is 893 g/mol. The third-order valence-corrected chi connectivity index (χ3v) is 13.4. The first-order valence-electron chi connectivity index (χ1n) is 23.7. The van der Waals surface area contributed by atoms with Crippen LogP contribution in [0.3, 0.4) is 0 Å². The average molecular weight is 893 g/mol. The summed E-state index contributed by atoms with van der Waals surface area (Å²) in [6.07, 6.45) is 6.75. The number of carbonyl (C=O) groups excluding carboxylic acids is 3. The molecule has 0 radical (unpaired) electrons. The van der Waals surface area contributed by atoms with Gasteiger partial charge in [-0.3, -0.25) is 20.1 Å². The number of amides is 1. The highest BCUT2D eigenvalue weighted by atomic mass is 16.5. The maximum absolute atomic E-state index is 13.3. The number of ether oxygens (including phenoxy) is 4. The SMILES string of the molecule is CCn1c(-c2cc(N3CCN(C4CC4)CC3)cnc2[C@H](C)OC)c(CC(C)(C)COC(=O)C2CCCNN2)c2cc(N3CCO[C@@H](C[C@@H](C=O)NC(=O)OCc4ccccc4)C3)ccc21. The number of rotatable bonds is 18. The number of aromatic nitrogens is 2. The Morgan fingerprint density at radius 2 is 1.80 bits per heavy atom. The maximum atomic E-state index is 13.3. The van der Waals surface area contributed by atoms with Crippen LogP contribution < -0.4 is 26.0 Å². The first-order valence-corrected chi connectivity index (χ1v) is 23.7. The second-order valence-electron chi connectivity index (χ2n) is 18.9. The molecule has 65 heavy (non-hydrogen) atoms. The molecular formula is C50H68N8O7. The van der Waals surface area contributed by atoms with Crippen molar-refractivity contribution in [3.05, 3.63) is 77.6 Å². The minimum absolute atomic E-state index is 0.113. The van der Waals surface area contributed by atoms with Crippen LogP contribution in [0.25, 0.3) is 22.2 Å². The highest BCUT2D eigenvalue weighted by Crippen LogP contribution is 2.43. The zero-order valence-corrected chi connectivity index (χ0v) is 38.9. The molecule has 1 amide bonds. The average Bonchev–Trinajstić information content (AvgIpc) is 4.15. The summed E-state index contributed by atoms with van der Waals surface area (Å²) in [5, 5.41) is 3.84. The number of aldehydes is 1. The molecule has 2 aromatic carbocycles. The predicted molar refractivity (Wildman–Crippen MR) is 252 cm³/mol. The quantitative estimate of drug-likeness (QED) is 0.0773. The molecule has 4 aliphatic rings. The molecule has 8 rings (SSSR count). The number of esters is 1. The van der Waals surface area contributed by atoms with Gasteiger partial charge in [-0.05, 0) is 81.3 Å². The van der Waals surface area contributed by atoms with E-state index < -0.39 is 17.6 Å². The number of morpholine rings is 1. The number of piperazine rings is 1. The largest absolute Gasteiger partial charge is 0.464 e. The van der Waals surface area contributed by atoms with Crippen molar-refractivity contribution in [1.29, 1.82) is 0 Å². The Hall–Kier alpha value is -5.06. The number of alkyl carbamates (subject to hydrolysis) is 1. The van der Waals surface area contributed by atoms with E-state index >= 15 is 0 Å². The lowest BCUT2D eigenvalue weighted by Crippen LogP contribution is -2.50. The van der Waals surface area contributed by atoms with Crippen molar-refractivity contribution < 1.29 is 33.3 Å². The summed E-state index contributed by atoms with van der Waals surface area (Å²) in [6.45, 7) is 16.2. The van der Waals surface area contributed by atoms with E-state index in [0.29, 0.717) is 32.5 Å². The summed E-state index contributed by atoms with van der Waals surface area (Å²) in [5.41, 5.74) is 14.1. The van der Waals surface area contributed by atoms with Crippen LogP contribution in [0.4, 0.5) is 16.2 Å². The van der Waals surface area contributed by atoms with E-state index in [2.05, 4.69) is 87.4 Å². The zero-order valence-electron chi connectivity index (χ0n) is 38.9. The van der Waals surface area contributed by atoms with Gasteiger partial charge in [0, 0.05) is 99.5 Å². The first kappa shape index (κ1) is 46.5. The number of nitrogens with one attached hydrogen (secondary N) is 3. The summed E-state index contributed by atoms with van der Waals surface area (Å²) < 4.78 is 26.1. The van der Waals surface area contributed by atoms with Crippen LogP contribution in [0.5, 0.6) is 0 Å². The molecule has 2 aromatic heterocycles. The number of pyridine rings is 1. The summed E-state index contributed by atoms with van der Waals surface area (Å²) in [5.74, 6) is -0.239. The lowest BCUT2D eigenvalue weighted by Gasteiger charge is -2.36. The van der Waals surface area contributed by atoms with Crippen LogP contribution in [-0.2, 0) is 48.1 Å². The fraction of sp³-hybridized carbons (Fsp3) is 0.560. The van der Waals surface area contributed by atoms with Gasteiger partial charge in [0.1, 0.15) is 18.9 Å². The van der Waals surface area contributed by atoms with Crippen LogP contribution in [-0.4, -0.2) is 123 Å². The Bertz CT molecular complexity index is 2250. The lowest BCUT2D eigenvalue weighted by molar-refractivity contribution is -0.150. The van der Waals surface area contributed by atoms with Crippen LogP contribution in [0.2, 0.25) is 0 Å². The number of hydrogen-bond donors (Lipinski definition) is 3. The Morgan fingerprint density at radius 3 is 2.51 bits per heavy atom. The van der Waals surface area contributed by atoms with Gasteiger partial charge in [-0.25, -0.2) is 10.2 Å². The molecule has 15 heteroatoms. The summed E-state index contributed by atoms with van der Waals surface area (Å²) >= 11 is 0. The number of hydrogen-bond acceptors (Lipinski definition) is 13. The molecule has 1 aliphatic carbocycles. The Balaban J connectivity index is 1.10. The number of benzene rings is 2. The Kier molecular flexibility index (Phi) is 15.1. The molecule has 4 aromatic rings. The normalized spacial score (nSPS) is 20.6. The van der Waals surface area contributed by atoms with E-state index in [4.69, 9.17) is 23.9 Å². The van der Waals surface area contributed by atoms with Gasteiger partial charge in [0.2, 0.25) is 0 Å². The second-order valence-corrected chi connectivity index (χ2v) is 18.9.